The van der Waals surface area contributed by atoms with Crippen molar-refractivity contribution in [1.82, 2.24) is 0 Å². The molecular formula is C7H12F2O5. The fourth-order valence-corrected chi connectivity index (χ4v) is 1.34. The van der Waals surface area contributed by atoms with Crippen LogP contribution in [-0.2, 0) is 4.74 Å². The van der Waals surface area contributed by atoms with Crippen molar-refractivity contribution in [2.75, 3.05) is 6.61 Å². The van der Waals surface area contributed by atoms with Crippen LogP contribution < -0.4 is 0 Å². The van der Waals surface area contributed by atoms with Crippen LogP contribution in [0.3, 0.4) is 0 Å². The van der Waals surface area contributed by atoms with Crippen molar-refractivity contribution in [2.45, 2.75) is 36.9 Å². The molecule has 0 bridgehead atoms. The van der Waals surface area contributed by atoms with E-state index in [1.807, 2.05) is 0 Å². The van der Waals surface area contributed by atoms with Gasteiger partial charge >= 0.3 is 0 Å². The first kappa shape index (κ1) is 11.7. The molecule has 0 radical (unpaired) electrons. The van der Waals surface area contributed by atoms with Gasteiger partial charge in [-0.2, -0.15) is 0 Å². The van der Waals surface area contributed by atoms with Gasteiger partial charge in [0.15, 0.2) is 0 Å². The molecular weight excluding hydrogens is 202 g/mol. The first-order valence-electron chi connectivity index (χ1n) is 4.07. The molecule has 1 saturated heterocycles. The summed E-state index contributed by atoms with van der Waals surface area (Å²) in [4.78, 5) is 0. The van der Waals surface area contributed by atoms with Crippen LogP contribution in [0.4, 0.5) is 8.78 Å². The van der Waals surface area contributed by atoms with Crippen molar-refractivity contribution in [3.05, 3.63) is 0 Å². The molecule has 1 aliphatic rings. The summed E-state index contributed by atoms with van der Waals surface area (Å²) in [5.41, 5.74) is 0. The number of hydrogen-bond acceptors (Lipinski definition) is 5. The highest BCUT2D eigenvalue weighted by Gasteiger charge is 2.46. The molecule has 7 heteroatoms. The quantitative estimate of drug-likeness (QED) is 0.431. The van der Waals surface area contributed by atoms with Crippen LogP contribution in [0, 0.1) is 0 Å². The SMILES string of the molecule is OC[C@H]1OC(C(F)F)[C@H](O)[C@@H](O)[C@@H]1O. The van der Waals surface area contributed by atoms with E-state index in [0.717, 1.165) is 0 Å². The topological polar surface area (TPSA) is 90.2 Å². The predicted octanol–water partition coefficient (Wildman–Crippen LogP) is -1.91. The van der Waals surface area contributed by atoms with Gasteiger partial charge in [-0.15, -0.1) is 0 Å². The van der Waals surface area contributed by atoms with E-state index in [9.17, 15) is 8.78 Å². The van der Waals surface area contributed by atoms with Crippen molar-refractivity contribution in [2.24, 2.45) is 0 Å². The molecule has 0 aromatic carbocycles. The van der Waals surface area contributed by atoms with Gasteiger partial charge < -0.3 is 25.2 Å². The van der Waals surface area contributed by atoms with Crippen LogP contribution in [0.2, 0.25) is 0 Å². The normalized spacial score (nSPS) is 44.4. The maximum atomic E-state index is 12.2. The number of aliphatic hydroxyl groups is 4. The Labute approximate surface area is 78.5 Å². The lowest BCUT2D eigenvalue weighted by atomic mass is 9.95. The maximum Gasteiger partial charge on any atom is 0.267 e. The third kappa shape index (κ3) is 2.01. The summed E-state index contributed by atoms with van der Waals surface area (Å²) in [6, 6.07) is 0. The molecule has 5 atom stereocenters. The van der Waals surface area contributed by atoms with Crippen LogP contribution >= 0.6 is 0 Å². The molecule has 84 valence electrons. The Morgan fingerprint density at radius 2 is 1.64 bits per heavy atom. The lowest BCUT2D eigenvalue weighted by Crippen LogP contribution is -2.60. The molecule has 1 unspecified atom stereocenters. The minimum absolute atomic E-state index is 0.700. The second kappa shape index (κ2) is 4.45. The van der Waals surface area contributed by atoms with Crippen molar-refractivity contribution in [1.29, 1.82) is 0 Å². The summed E-state index contributed by atoms with van der Waals surface area (Å²) >= 11 is 0. The molecule has 1 heterocycles. The molecule has 0 aliphatic carbocycles. The second-order valence-electron chi connectivity index (χ2n) is 3.13. The van der Waals surface area contributed by atoms with Crippen molar-refractivity contribution < 1.29 is 33.9 Å². The van der Waals surface area contributed by atoms with E-state index in [-0.39, 0.29) is 0 Å². The average Bonchev–Trinajstić information content (AvgIpc) is 2.14. The predicted molar refractivity (Wildman–Crippen MR) is 39.8 cm³/mol. The average molecular weight is 214 g/mol. The lowest BCUT2D eigenvalue weighted by molar-refractivity contribution is -0.254. The molecule has 1 aliphatic heterocycles. The minimum Gasteiger partial charge on any atom is -0.394 e. The van der Waals surface area contributed by atoms with Gasteiger partial charge in [0.2, 0.25) is 0 Å². The highest BCUT2D eigenvalue weighted by Crippen LogP contribution is 2.24. The zero-order valence-corrected chi connectivity index (χ0v) is 7.12. The maximum absolute atomic E-state index is 12.2. The number of alkyl halides is 2. The standard InChI is InChI=1S/C7H12F2O5/c8-7(9)6-5(13)4(12)3(11)2(1-10)14-6/h2-7,10-13H,1H2/t2-,3-,4+,5-,6?/m1/s1. The molecule has 4 N–H and O–H groups in total. The summed E-state index contributed by atoms with van der Waals surface area (Å²) in [7, 11) is 0. The Balaban J connectivity index is 2.73. The Kier molecular flexibility index (Phi) is 3.73. The number of ether oxygens (including phenoxy) is 1. The second-order valence-corrected chi connectivity index (χ2v) is 3.13. The molecule has 1 fully saturated rings. The molecule has 0 amide bonds. The van der Waals surface area contributed by atoms with Crippen molar-refractivity contribution in [3.63, 3.8) is 0 Å². The van der Waals surface area contributed by atoms with Gasteiger partial charge in [-0.25, -0.2) is 8.78 Å². The summed E-state index contributed by atoms with van der Waals surface area (Å²) in [6.07, 6.45) is -11.3. The van der Waals surface area contributed by atoms with Crippen molar-refractivity contribution in [3.8, 4) is 0 Å². The van der Waals surface area contributed by atoms with Gasteiger partial charge in [-0.3, -0.25) is 0 Å². The number of halogens is 2. The summed E-state index contributed by atoms with van der Waals surface area (Å²) in [6.45, 7) is -0.700. The largest absolute Gasteiger partial charge is 0.394 e. The van der Waals surface area contributed by atoms with Gasteiger partial charge in [0.1, 0.15) is 30.5 Å². The Hall–Kier alpha value is -0.340. The molecule has 0 aromatic heterocycles. The van der Waals surface area contributed by atoms with Gasteiger partial charge in [0.05, 0.1) is 6.61 Å². The highest BCUT2D eigenvalue weighted by molar-refractivity contribution is 4.92. The smallest absolute Gasteiger partial charge is 0.267 e. The van der Waals surface area contributed by atoms with E-state index < -0.39 is 43.6 Å². The van der Waals surface area contributed by atoms with E-state index in [1.54, 1.807) is 0 Å². The van der Waals surface area contributed by atoms with Crippen LogP contribution in [0.15, 0.2) is 0 Å². The van der Waals surface area contributed by atoms with Gasteiger partial charge in [-0.1, -0.05) is 0 Å². The minimum atomic E-state index is -2.99. The van der Waals surface area contributed by atoms with Crippen LogP contribution in [0.25, 0.3) is 0 Å². The first-order chi connectivity index (χ1) is 6.49. The summed E-state index contributed by atoms with van der Waals surface area (Å²) in [5.74, 6) is 0. The molecule has 14 heavy (non-hydrogen) atoms. The number of aliphatic hydroxyl groups excluding tert-OH is 4. The number of hydrogen-bond donors (Lipinski definition) is 4. The fourth-order valence-electron chi connectivity index (χ4n) is 1.34. The molecule has 1 rings (SSSR count). The Morgan fingerprint density at radius 1 is 1.07 bits per heavy atom. The van der Waals surface area contributed by atoms with E-state index in [0.29, 0.717) is 0 Å². The fraction of sp³-hybridized carbons (Fsp3) is 1.00. The van der Waals surface area contributed by atoms with Gasteiger partial charge in [0.25, 0.3) is 6.43 Å². The Morgan fingerprint density at radius 3 is 2.07 bits per heavy atom. The van der Waals surface area contributed by atoms with Crippen molar-refractivity contribution >= 4 is 0 Å². The molecule has 0 spiro atoms. The number of rotatable bonds is 2. The monoisotopic (exact) mass is 214 g/mol. The third-order valence-corrected chi connectivity index (χ3v) is 2.18. The molecule has 0 saturated carbocycles. The van der Waals surface area contributed by atoms with E-state index in [4.69, 9.17) is 20.4 Å². The van der Waals surface area contributed by atoms with E-state index >= 15 is 0 Å². The van der Waals surface area contributed by atoms with E-state index in [1.165, 1.54) is 0 Å². The van der Waals surface area contributed by atoms with Gasteiger partial charge in [-0.05, 0) is 0 Å². The zero-order chi connectivity index (χ0) is 10.9. The van der Waals surface area contributed by atoms with Crippen LogP contribution in [0.1, 0.15) is 0 Å². The zero-order valence-electron chi connectivity index (χ0n) is 7.12. The van der Waals surface area contributed by atoms with Gasteiger partial charge in [0, 0.05) is 0 Å². The van der Waals surface area contributed by atoms with Crippen LogP contribution in [-0.4, -0.2) is 64.0 Å². The van der Waals surface area contributed by atoms with E-state index in [2.05, 4.69) is 4.74 Å². The highest BCUT2D eigenvalue weighted by atomic mass is 19.3. The molecule has 5 nitrogen and oxygen atoms in total. The first-order valence-corrected chi connectivity index (χ1v) is 4.07. The Bertz CT molecular complexity index is 189. The summed E-state index contributed by atoms with van der Waals surface area (Å²) < 4.78 is 29.0. The summed E-state index contributed by atoms with van der Waals surface area (Å²) in [5, 5.41) is 36.0. The molecule has 0 aromatic rings. The van der Waals surface area contributed by atoms with Crippen LogP contribution in [0.5, 0.6) is 0 Å². The lowest BCUT2D eigenvalue weighted by Gasteiger charge is -2.39. The third-order valence-electron chi connectivity index (χ3n) is 2.18.